The molecule has 116 valence electrons. The van der Waals surface area contributed by atoms with Gasteiger partial charge in [-0.15, -0.1) is 0 Å². The molecule has 0 bridgehead atoms. The Balaban J connectivity index is 1.90. The molecule has 1 heterocycles. The molecule has 2 aromatic rings. The third-order valence-electron chi connectivity index (χ3n) is 4.02. The first-order valence-electron chi connectivity index (χ1n) is 8.12. The largest absolute Gasteiger partial charge is 0.497 e. The normalized spacial score (nSPS) is 12.7. The smallest absolute Gasteiger partial charge is 0.119 e. The van der Waals surface area contributed by atoms with Gasteiger partial charge in [-0.1, -0.05) is 26.2 Å². The summed E-state index contributed by atoms with van der Waals surface area (Å²) in [4.78, 5) is 3.35. The van der Waals surface area contributed by atoms with Gasteiger partial charge in [0, 0.05) is 23.1 Å². The van der Waals surface area contributed by atoms with Crippen molar-refractivity contribution in [2.45, 2.75) is 52.0 Å². The Kier molecular flexibility index (Phi) is 6.12. The SMILES string of the molecule is CCCCCCNC(C)Cc1c[nH]c2ccc(OC)cc12. The third-order valence-corrected chi connectivity index (χ3v) is 4.02. The molecule has 1 aromatic heterocycles. The van der Waals surface area contributed by atoms with Crippen LogP contribution in [-0.2, 0) is 6.42 Å². The Morgan fingerprint density at radius 3 is 2.86 bits per heavy atom. The van der Waals surface area contributed by atoms with Crippen LogP contribution in [0.3, 0.4) is 0 Å². The topological polar surface area (TPSA) is 37.0 Å². The van der Waals surface area contributed by atoms with Gasteiger partial charge in [0.25, 0.3) is 0 Å². The number of hydrogen-bond acceptors (Lipinski definition) is 2. The minimum absolute atomic E-state index is 0.497. The van der Waals surface area contributed by atoms with E-state index in [4.69, 9.17) is 4.74 Å². The molecule has 0 radical (unpaired) electrons. The van der Waals surface area contributed by atoms with Crippen LogP contribution in [0.4, 0.5) is 0 Å². The van der Waals surface area contributed by atoms with Crippen LogP contribution in [0.2, 0.25) is 0 Å². The number of ether oxygens (including phenoxy) is 1. The quantitative estimate of drug-likeness (QED) is 0.676. The molecule has 3 heteroatoms. The second-order valence-electron chi connectivity index (χ2n) is 5.85. The van der Waals surface area contributed by atoms with Crippen LogP contribution < -0.4 is 10.1 Å². The molecular weight excluding hydrogens is 260 g/mol. The fourth-order valence-corrected chi connectivity index (χ4v) is 2.76. The van der Waals surface area contributed by atoms with Crippen LogP contribution in [0.5, 0.6) is 5.75 Å². The summed E-state index contributed by atoms with van der Waals surface area (Å²) in [5, 5.41) is 4.90. The van der Waals surface area contributed by atoms with Crippen molar-refractivity contribution in [3.8, 4) is 5.75 Å². The van der Waals surface area contributed by atoms with E-state index in [1.807, 2.05) is 6.07 Å². The monoisotopic (exact) mass is 288 g/mol. The van der Waals surface area contributed by atoms with Crippen molar-refractivity contribution >= 4 is 10.9 Å². The maximum absolute atomic E-state index is 5.32. The van der Waals surface area contributed by atoms with Crippen LogP contribution >= 0.6 is 0 Å². The molecule has 3 nitrogen and oxygen atoms in total. The van der Waals surface area contributed by atoms with Gasteiger partial charge in [-0.2, -0.15) is 0 Å². The van der Waals surface area contributed by atoms with Crippen molar-refractivity contribution in [1.82, 2.24) is 10.3 Å². The van der Waals surface area contributed by atoms with Gasteiger partial charge >= 0.3 is 0 Å². The van der Waals surface area contributed by atoms with Crippen molar-refractivity contribution in [3.05, 3.63) is 30.0 Å². The van der Waals surface area contributed by atoms with E-state index in [2.05, 4.69) is 42.5 Å². The number of rotatable bonds is 9. The maximum atomic E-state index is 5.32. The number of aromatic nitrogens is 1. The second kappa shape index (κ2) is 8.08. The number of H-pyrrole nitrogens is 1. The highest BCUT2D eigenvalue weighted by molar-refractivity contribution is 5.84. The average Bonchev–Trinajstić information content (AvgIpc) is 2.89. The van der Waals surface area contributed by atoms with E-state index in [0.717, 1.165) is 18.7 Å². The van der Waals surface area contributed by atoms with Gasteiger partial charge in [0.2, 0.25) is 0 Å². The lowest BCUT2D eigenvalue weighted by Gasteiger charge is -2.13. The van der Waals surface area contributed by atoms with E-state index in [1.165, 1.54) is 42.1 Å². The van der Waals surface area contributed by atoms with Gasteiger partial charge < -0.3 is 15.0 Å². The van der Waals surface area contributed by atoms with Gasteiger partial charge in [0.05, 0.1) is 7.11 Å². The van der Waals surface area contributed by atoms with E-state index < -0.39 is 0 Å². The van der Waals surface area contributed by atoms with Crippen LogP contribution in [0.25, 0.3) is 10.9 Å². The number of fused-ring (bicyclic) bond motifs is 1. The Morgan fingerprint density at radius 1 is 1.24 bits per heavy atom. The van der Waals surface area contributed by atoms with Gasteiger partial charge in [0.15, 0.2) is 0 Å². The molecule has 2 rings (SSSR count). The van der Waals surface area contributed by atoms with Crippen molar-refractivity contribution in [3.63, 3.8) is 0 Å². The van der Waals surface area contributed by atoms with Crippen molar-refractivity contribution < 1.29 is 4.74 Å². The van der Waals surface area contributed by atoms with Gasteiger partial charge in [-0.05, 0) is 50.1 Å². The fraction of sp³-hybridized carbons (Fsp3) is 0.556. The highest BCUT2D eigenvalue weighted by Gasteiger charge is 2.09. The molecule has 0 aliphatic carbocycles. The number of benzene rings is 1. The van der Waals surface area contributed by atoms with Crippen molar-refractivity contribution in [1.29, 1.82) is 0 Å². The first-order valence-corrected chi connectivity index (χ1v) is 8.12. The summed E-state index contributed by atoms with van der Waals surface area (Å²) in [5.41, 5.74) is 2.54. The van der Waals surface area contributed by atoms with E-state index in [0.29, 0.717) is 6.04 Å². The van der Waals surface area contributed by atoms with Crippen molar-refractivity contribution in [2.75, 3.05) is 13.7 Å². The molecule has 0 amide bonds. The molecular formula is C18H28N2O. The molecule has 0 saturated heterocycles. The zero-order chi connectivity index (χ0) is 15.1. The molecule has 1 aromatic carbocycles. The molecule has 21 heavy (non-hydrogen) atoms. The molecule has 0 aliphatic rings. The predicted molar refractivity (Wildman–Crippen MR) is 90.2 cm³/mol. The minimum atomic E-state index is 0.497. The third kappa shape index (κ3) is 4.50. The minimum Gasteiger partial charge on any atom is -0.497 e. The van der Waals surface area contributed by atoms with Crippen LogP contribution in [0, 0.1) is 0 Å². The summed E-state index contributed by atoms with van der Waals surface area (Å²) in [6.45, 7) is 5.63. The standard InChI is InChI=1S/C18H28N2O/c1-4-5-6-7-10-19-14(2)11-15-13-20-18-9-8-16(21-3)12-17(15)18/h8-9,12-14,19-20H,4-7,10-11H2,1-3H3. The van der Waals surface area contributed by atoms with E-state index in [1.54, 1.807) is 7.11 Å². The molecule has 1 unspecified atom stereocenters. The second-order valence-corrected chi connectivity index (χ2v) is 5.85. The molecule has 2 N–H and O–H groups in total. The Bertz CT molecular complexity index is 547. The van der Waals surface area contributed by atoms with Crippen LogP contribution in [0.1, 0.15) is 45.1 Å². The zero-order valence-corrected chi connectivity index (χ0v) is 13.5. The molecule has 0 aliphatic heterocycles. The fourth-order valence-electron chi connectivity index (χ4n) is 2.76. The molecule has 0 fully saturated rings. The summed E-state index contributed by atoms with van der Waals surface area (Å²) in [6, 6.07) is 6.70. The lowest BCUT2D eigenvalue weighted by Crippen LogP contribution is -2.28. The molecule has 0 spiro atoms. The summed E-state index contributed by atoms with van der Waals surface area (Å²) in [5.74, 6) is 0.920. The summed E-state index contributed by atoms with van der Waals surface area (Å²) in [7, 11) is 1.72. The van der Waals surface area contributed by atoms with Gasteiger partial charge in [0.1, 0.15) is 5.75 Å². The number of aromatic amines is 1. The molecule has 1 atom stereocenters. The summed E-state index contributed by atoms with van der Waals surface area (Å²) < 4.78 is 5.32. The Hall–Kier alpha value is -1.48. The molecule has 0 saturated carbocycles. The number of methoxy groups -OCH3 is 1. The lowest BCUT2D eigenvalue weighted by atomic mass is 10.1. The summed E-state index contributed by atoms with van der Waals surface area (Å²) >= 11 is 0. The van der Waals surface area contributed by atoms with E-state index >= 15 is 0 Å². The summed E-state index contributed by atoms with van der Waals surface area (Å²) in [6.07, 6.45) is 8.42. The van der Waals surface area contributed by atoms with E-state index in [-0.39, 0.29) is 0 Å². The van der Waals surface area contributed by atoms with Gasteiger partial charge in [-0.25, -0.2) is 0 Å². The van der Waals surface area contributed by atoms with E-state index in [9.17, 15) is 0 Å². The predicted octanol–water partition coefficient (Wildman–Crippen LogP) is 4.28. The van der Waals surface area contributed by atoms with Crippen molar-refractivity contribution in [2.24, 2.45) is 0 Å². The van der Waals surface area contributed by atoms with Crippen LogP contribution in [0.15, 0.2) is 24.4 Å². The maximum Gasteiger partial charge on any atom is 0.119 e. The van der Waals surface area contributed by atoms with Gasteiger partial charge in [-0.3, -0.25) is 0 Å². The van der Waals surface area contributed by atoms with Crippen LogP contribution in [-0.4, -0.2) is 24.7 Å². The highest BCUT2D eigenvalue weighted by atomic mass is 16.5. The lowest BCUT2D eigenvalue weighted by molar-refractivity contribution is 0.415. The Morgan fingerprint density at radius 2 is 2.10 bits per heavy atom. The number of unbranched alkanes of at least 4 members (excludes halogenated alkanes) is 3. The average molecular weight is 288 g/mol. The Labute approximate surface area is 128 Å². The first kappa shape index (κ1) is 15.9. The number of hydrogen-bond donors (Lipinski definition) is 2. The zero-order valence-electron chi connectivity index (χ0n) is 13.5. The number of nitrogens with one attached hydrogen (secondary N) is 2. The first-order chi connectivity index (χ1) is 10.2. The highest BCUT2D eigenvalue weighted by Crippen LogP contribution is 2.24.